The molecule has 0 aromatic rings. The minimum atomic E-state index is -1.62. The second kappa shape index (κ2) is 10.2. The molecule has 0 amide bonds. The van der Waals surface area contributed by atoms with Crippen molar-refractivity contribution in [3.8, 4) is 0 Å². The SMILES string of the molecule is CCCC/C=[C](/CCCC)[Ge]([CH2]C)([CH2]C)[CH2]C. The van der Waals surface area contributed by atoms with Crippen LogP contribution in [0.4, 0.5) is 0 Å². The minimum absolute atomic E-state index is 1.34. The second-order valence-electron chi connectivity index (χ2n) is 5.32. The van der Waals surface area contributed by atoms with Crippen molar-refractivity contribution in [2.24, 2.45) is 0 Å². The molecule has 0 aliphatic heterocycles. The summed E-state index contributed by atoms with van der Waals surface area (Å²) in [6.07, 6.45) is 10.9. The molecule has 0 aromatic carbocycles. The van der Waals surface area contributed by atoms with Gasteiger partial charge in [0, 0.05) is 0 Å². The number of hydrogen-bond acceptors (Lipinski definition) is 0. The van der Waals surface area contributed by atoms with Gasteiger partial charge in [-0.05, 0) is 0 Å². The zero-order valence-corrected chi connectivity index (χ0v) is 15.0. The van der Waals surface area contributed by atoms with Crippen LogP contribution >= 0.6 is 0 Å². The van der Waals surface area contributed by atoms with E-state index in [9.17, 15) is 0 Å². The van der Waals surface area contributed by atoms with Gasteiger partial charge >= 0.3 is 113 Å². The van der Waals surface area contributed by atoms with Crippen LogP contribution in [0.2, 0.25) is 15.8 Å². The van der Waals surface area contributed by atoms with E-state index in [1.165, 1.54) is 54.3 Å². The van der Waals surface area contributed by atoms with E-state index in [2.05, 4.69) is 40.7 Å². The van der Waals surface area contributed by atoms with Crippen molar-refractivity contribution >= 4 is 13.3 Å². The van der Waals surface area contributed by atoms with Gasteiger partial charge in [-0.3, -0.25) is 0 Å². The topological polar surface area (TPSA) is 0 Å². The summed E-state index contributed by atoms with van der Waals surface area (Å²) in [6.45, 7) is 12.0. The first kappa shape index (κ1) is 17.3. The van der Waals surface area contributed by atoms with E-state index in [1.807, 2.05) is 4.41 Å². The van der Waals surface area contributed by atoms with Gasteiger partial charge < -0.3 is 0 Å². The molecule has 0 aliphatic rings. The van der Waals surface area contributed by atoms with Crippen LogP contribution in [0.25, 0.3) is 0 Å². The van der Waals surface area contributed by atoms with Crippen molar-refractivity contribution in [1.29, 1.82) is 0 Å². The van der Waals surface area contributed by atoms with E-state index in [1.54, 1.807) is 0 Å². The Balaban J connectivity index is 4.78. The van der Waals surface area contributed by atoms with E-state index >= 15 is 0 Å². The van der Waals surface area contributed by atoms with E-state index < -0.39 is 13.3 Å². The van der Waals surface area contributed by atoms with Crippen LogP contribution in [0.3, 0.4) is 0 Å². The molecule has 0 aliphatic carbocycles. The monoisotopic (exact) mass is 300 g/mol. The summed E-state index contributed by atoms with van der Waals surface area (Å²) in [5.41, 5.74) is 0. The summed E-state index contributed by atoms with van der Waals surface area (Å²) < 4.78 is 1.95. The number of unbranched alkanes of at least 4 members (excludes halogenated alkanes) is 3. The van der Waals surface area contributed by atoms with Gasteiger partial charge in [-0.2, -0.15) is 0 Å². The van der Waals surface area contributed by atoms with E-state index in [0.717, 1.165) is 0 Å². The Kier molecular flexibility index (Phi) is 10.4. The zero-order valence-electron chi connectivity index (χ0n) is 12.9. The summed E-state index contributed by atoms with van der Waals surface area (Å²) in [5.74, 6) is 0. The van der Waals surface area contributed by atoms with E-state index in [4.69, 9.17) is 0 Å². The van der Waals surface area contributed by atoms with E-state index in [0.29, 0.717) is 0 Å². The zero-order chi connectivity index (χ0) is 13.1. The first-order valence-electron chi connectivity index (χ1n) is 7.90. The van der Waals surface area contributed by atoms with Gasteiger partial charge in [0.25, 0.3) is 0 Å². The molecule has 1 heteroatoms. The summed E-state index contributed by atoms with van der Waals surface area (Å²) in [7, 11) is 0. The maximum atomic E-state index is 2.66. The van der Waals surface area contributed by atoms with Crippen molar-refractivity contribution < 1.29 is 0 Å². The maximum absolute atomic E-state index is 2.66. The third kappa shape index (κ3) is 5.63. The standard InChI is InChI=1S/C16H34Ge/c1-6-11-13-15-16(14-12-7-2)17(8-3,9-4)10-5/h15H,6-14H2,1-5H3/b16-15-. The van der Waals surface area contributed by atoms with Crippen LogP contribution in [0.1, 0.15) is 73.1 Å². The fraction of sp³-hybridized carbons (Fsp3) is 0.875. The van der Waals surface area contributed by atoms with Crippen LogP contribution < -0.4 is 0 Å². The van der Waals surface area contributed by atoms with E-state index in [-0.39, 0.29) is 0 Å². The van der Waals surface area contributed by atoms with Crippen LogP contribution in [0.15, 0.2) is 10.5 Å². The molecular weight excluding hydrogens is 265 g/mol. The molecule has 0 heterocycles. The molecule has 0 atom stereocenters. The van der Waals surface area contributed by atoms with Gasteiger partial charge in [-0.25, -0.2) is 0 Å². The molecule has 0 bridgehead atoms. The number of allylic oxidation sites excluding steroid dienone is 2. The van der Waals surface area contributed by atoms with Gasteiger partial charge in [-0.15, -0.1) is 0 Å². The van der Waals surface area contributed by atoms with Gasteiger partial charge in [0.2, 0.25) is 0 Å². The normalized spacial score (nSPS) is 13.1. The van der Waals surface area contributed by atoms with Crippen molar-refractivity contribution in [3.05, 3.63) is 10.5 Å². The average molecular weight is 299 g/mol. The number of rotatable bonds is 10. The summed E-state index contributed by atoms with van der Waals surface area (Å²) in [4.78, 5) is 0. The van der Waals surface area contributed by atoms with Crippen molar-refractivity contribution in [3.63, 3.8) is 0 Å². The molecule has 0 nitrogen and oxygen atoms in total. The predicted molar refractivity (Wildman–Crippen MR) is 84.3 cm³/mol. The van der Waals surface area contributed by atoms with Crippen LogP contribution in [-0.2, 0) is 0 Å². The Morgan fingerprint density at radius 1 is 0.824 bits per heavy atom. The van der Waals surface area contributed by atoms with Crippen LogP contribution in [0.5, 0.6) is 0 Å². The molecule has 0 rings (SSSR count). The molecular formula is C16H34Ge. The fourth-order valence-corrected chi connectivity index (χ4v) is 11.6. The van der Waals surface area contributed by atoms with Gasteiger partial charge in [0.05, 0.1) is 0 Å². The second-order valence-corrected chi connectivity index (χ2v) is 16.5. The first-order valence-corrected chi connectivity index (χ1v) is 13.4. The van der Waals surface area contributed by atoms with Crippen molar-refractivity contribution in [2.75, 3.05) is 0 Å². The molecule has 0 saturated heterocycles. The quantitative estimate of drug-likeness (QED) is 0.326. The molecule has 0 saturated carbocycles. The molecule has 0 spiro atoms. The Bertz CT molecular complexity index is 193. The third-order valence-corrected chi connectivity index (χ3v) is 16.8. The summed E-state index contributed by atoms with van der Waals surface area (Å²) in [5, 5.41) is 4.48. The Morgan fingerprint density at radius 2 is 1.35 bits per heavy atom. The van der Waals surface area contributed by atoms with Crippen molar-refractivity contribution in [2.45, 2.75) is 88.9 Å². The first-order chi connectivity index (χ1) is 8.20. The molecule has 0 fully saturated rings. The Labute approximate surface area is 113 Å². The summed E-state index contributed by atoms with van der Waals surface area (Å²) in [6, 6.07) is 0. The molecule has 0 N–H and O–H groups in total. The van der Waals surface area contributed by atoms with Crippen molar-refractivity contribution in [1.82, 2.24) is 0 Å². The molecule has 0 unspecified atom stereocenters. The average Bonchev–Trinajstić information content (AvgIpc) is 2.37. The molecule has 17 heavy (non-hydrogen) atoms. The fourth-order valence-electron chi connectivity index (χ4n) is 2.86. The summed E-state index contributed by atoms with van der Waals surface area (Å²) >= 11 is -1.62. The third-order valence-electron chi connectivity index (χ3n) is 4.46. The van der Waals surface area contributed by atoms with Gasteiger partial charge in [0.1, 0.15) is 0 Å². The molecule has 0 aromatic heterocycles. The molecule has 0 radical (unpaired) electrons. The van der Waals surface area contributed by atoms with Gasteiger partial charge in [0.15, 0.2) is 0 Å². The Hall–Kier alpha value is 0.283. The van der Waals surface area contributed by atoms with Crippen LogP contribution in [-0.4, -0.2) is 13.3 Å². The molecule has 102 valence electrons. The predicted octanol–water partition coefficient (Wildman–Crippen LogP) is 6.34. The number of hydrogen-bond donors (Lipinski definition) is 0. The van der Waals surface area contributed by atoms with Gasteiger partial charge in [-0.1, -0.05) is 0 Å². The Morgan fingerprint density at radius 3 is 1.76 bits per heavy atom. The van der Waals surface area contributed by atoms with Crippen LogP contribution in [0, 0.1) is 0 Å².